The molecule has 0 aromatic carbocycles. The molecule has 0 spiro atoms. The molecular formula is C6H11BrO2. The Morgan fingerprint density at radius 1 is 1.89 bits per heavy atom. The Labute approximate surface area is 63.3 Å². The van der Waals surface area contributed by atoms with E-state index in [-0.39, 0.29) is 5.60 Å². The van der Waals surface area contributed by atoms with E-state index in [1.165, 1.54) is 0 Å². The molecule has 0 aromatic heterocycles. The van der Waals surface area contributed by atoms with Gasteiger partial charge in [-0.05, 0) is 13.8 Å². The van der Waals surface area contributed by atoms with E-state index in [0.717, 1.165) is 0 Å². The van der Waals surface area contributed by atoms with Gasteiger partial charge in [0.2, 0.25) is 0 Å². The summed E-state index contributed by atoms with van der Waals surface area (Å²) in [4.78, 5) is 0. The first-order chi connectivity index (χ1) is 4.02. The lowest BCUT2D eigenvalue weighted by molar-refractivity contribution is 0.00830. The molecule has 1 N–H and O–H groups in total. The van der Waals surface area contributed by atoms with Crippen molar-refractivity contribution in [2.45, 2.75) is 25.0 Å². The summed E-state index contributed by atoms with van der Waals surface area (Å²) in [5.41, 5.74) is -1.01. The molecule has 0 saturated carbocycles. The van der Waals surface area contributed by atoms with Crippen LogP contribution in [0, 0.1) is 0 Å². The van der Waals surface area contributed by atoms with Gasteiger partial charge in [0.1, 0.15) is 11.2 Å². The molecule has 1 aliphatic heterocycles. The van der Waals surface area contributed by atoms with Crippen LogP contribution in [0.4, 0.5) is 0 Å². The highest BCUT2D eigenvalue weighted by atomic mass is 79.9. The van der Waals surface area contributed by atoms with Gasteiger partial charge < -0.3 is 9.84 Å². The summed E-state index contributed by atoms with van der Waals surface area (Å²) in [5.74, 6) is 0. The van der Waals surface area contributed by atoms with E-state index < -0.39 is 5.60 Å². The summed E-state index contributed by atoms with van der Waals surface area (Å²) < 4.78 is 5.07. The van der Waals surface area contributed by atoms with Gasteiger partial charge in [-0.3, -0.25) is 0 Å². The van der Waals surface area contributed by atoms with Crippen LogP contribution in [0.3, 0.4) is 0 Å². The summed E-state index contributed by atoms with van der Waals surface area (Å²) in [5, 5.41) is 10.1. The first-order valence-corrected chi connectivity index (χ1v) is 4.06. The average molecular weight is 195 g/mol. The van der Waals surface area contributed by atoms with Crippen molar-refractivity contribution in [1.29, 1.82) is 0 Å². The molecule has 1 rings (SSSR count). The third kappa shape index (κ3) is 1.14. The van der Waals surface area contributed by atoms with Crippen molar-refractivity contribution in [3.63, 3.8) is 0 Å². The van der Waals surface area contributed by atoms with Crippen LogP contribution < -0.4 is 0 Å². The van der Waals surface area contributed by atoms with Gasteiger partial charge in [0.25, 0.3) is 0 Å². The SMILES string of the molecule is C[C@]1([C@](C)(O)CBr)CO1. The zero-order valence-electron chi connectivity index (χ0n) is 5.65. The minimum Gasteiger partial charge on any atom is -0.386 e. The van der Waals surface area contributed by atoms with Gasteiger partial charge in [0.15, 0.2) is 0 Å². The van der Waals surface area contributed by atoms with Crippen molar-refractivity contribution in [2.75, 3.05) is 11.9 Å². The normalized spacial score (nSPS) is 40.0. The molecule has 0 aromatic rings. The Bertz CT molecular complexity index is 118. The molecule has 1 heterocycles. The fraction of sp³-hybridized carbons (Fsp3) is 1.00. The van der Waals surface area contributed by atoms with Crippen LogP contribution in [0.25, 0.3) is 0 Å². The summed E-state index contributed by atoms with van der Waals surface area (Å²) >= 11 is 3.22. The molecule has 1 aliphatic rings. The predicted molar refractivity (Wildman–Crippen MR) is 38.8 cm³/mol. The fourth-order valence-corrected chi connectivity index (χ4v) is 1.15. The van der Waals surface area contributed by atoms with E-state index >= 15 is 0 Å². The molecule has 0 unspecified atom stereocenters. The summed E-state index contributed by atoms with van der Waals surface area (Å²) in [6.07, 6.45) is 0. The average Bonchev–Trinajstić information content (AvgIpc) is 2.49. The lowest BCUT2D eigenvalue weighted by Crippen LogP contribution is -2.42. The van der Waals surface area contributed by atoms with Crippen LogP contribution in [0.15, 0.2) is 0 Å². The molecule has 2 nitrogen and oxygen atoms in total. The maximum Gasteiger partial charge on any atom is 0.118 e. The number of halogens is 1. The number of rotatable bonds is 2. The number of alkyl halides is 1. The molecule has 0 amide bonds. The maximum atomic E-state index is 9.55. The van der Waals surface area contributed by atoms with Crippen molar-refractivity contribution in [2.24, 2.45) is 0 Å². The number of ether oxygens (including phenoxy) is 1. The zero-order valence-corrected chi connectivity index (χ0v) is 7.23. The number of epoxide rings is 1. The van der Waals surface area contributed by atoms with E-state index in [1.54, 1.807) is 6.92 Å². The molecule has 1 fully saturated rings. The van der Waals surface area contributed by atoms with Crippen LogP contribution in [0.5, 0.6) is 0 Å². The van der Waals surface area contributed by atoms with Gasteiger partial charge in [0, 0.05) is 5.33 Å². The van der Waals surface area contributed by atoms with Crippen molar-refractivity contribution >= 4 is 15.9 Å². The van der Waals surface area contributed by atoms with Gasteiger partial charge in [0.05, 0.1) is 6.61 Å². The standard InChI is InChI=1S/C6H11BrO2/c1-5(8,3-7)6(2)4-9-6/h8H,3-4H2,1-2H3/t5-,6-/m1/s1. The highest BCUT2D eigenvalue weighted by Crippen LogP contribution is 2.38. The van der Waals surface area contributed by atoms with Gasteiger partial charge in [-0.25, -0.2) is 0 Å². The fourth-order valence-electron chi connectivity index (χ4n) is 0.561. The Kier molecular flexibility index (Phi) is 1.62. The van der Waals surface area contributed by atoms with E-state index in [1.807, 2.05) is 6.92 Å². The van der Waals surface area contributed by atoms with E-state index in [9.17, 15) is 5.11 Å². The number of hydrogen-bond donors (Lipinski definition) is 1. The molecular weight excluding hydrogens is 184 g/mol. The van der Waals surface area contributed by atoms with Crippen LogP contribution in [0.2, 0.25) is 0 Å². The molecule has 0 aliphatic carbocycles. The molecule has 2 atom stereocenters. The largest absolute Gasteiger partial charge is 0.386 e. The summed E-state index contributed by atoms with van der Waals surface area (Å²) in [7, 11) is 0. The molecule has 0 radical (unpaired) electrons. The monoisotopic (exact) mass is 194 g/mol. The van der Waals surface area contributed by atoms with Crippen molar-refractivity contribution in [1.82, 2.24) is 0 Å². The highest BCUT2D eigenvalue weighted by Gasteiger charge is 2.53. The second-order valence-corrected chi connectivity index (χ2v) is 3.49. The molecule has 3 heteroatoms. The minimum absolute atomic E-state index is 0.295. The highest BCUT2D eigenvalue weighted by molar-refractivity contribution is 9.09. The predicted octanol–water partition coefficient (Wildman–Crippen LogP) is 0.921. The first-order valence-electron chi connectivity index (χ1n) is 2.94. The van der Waals surface area contributed by atoms with Crippen molar-refractivity contribution in [3.05, 3.63) is 0 Å². The van der Waals surface area contributed by atoms with Gasteiger partial charge in [-0.15, -0.1) is 0 Å². The van der Waals surface area contributed by atoms with Gasteiger partial charge >= 0.3 is 0 Å². The van der Waals surface area contributed by atoms with Gasteiger partial charge in [-0.2, -0.15) is 0 Å². The maximum absolute atomic E-state index is 9.55. The Morgan fingerprint density at radius 2 is 2.33 bits per heavy atom. The second-order valence-electron chi connectivity index (χ2n) is 2.93. The number of hydrogen-bond acceptors (Lipinski definition) is 2. The van der Waals surface area contributed by atoms with Crippen molar-refractivity contribution < 1.29 is 9.84 Å². The Morgan fingerprint density at radius 3 is 2.44 bits per heavy atom. The van der Waals surface area contributed by atoms with Crippen LogP contribution in [-0.2, 0) is 4.74 Å². The lowest BCUT2D eigenvalue weighted by Gasteiger charge is -2.24. The van der Waals surface area contributed by atoms with Crippen LogP contribution in [0.1, 0.15) is 13.8 Å². The third-order valence-corrected chi connectivity index (χ3v) is 3.07. The lowest BCUT2D eigenvalue weighted by atomic mass is 9.94. The minimum atomic E-state index is -0.715. The van der Waals surface area contributed by atoms with Gasteiger partial charge in [-0.1, -0.05) is 15.9 Å². The number of aliphatic hydroxyl groups is 1. The quantitative estimate of drug-likeness (QED) is 0.525. The van der Waals surface area contributed by atoms with E-state index in [0.29, 0.717) is 11.9 Å². The third-order valence-electron chi connectivity index (χ3n) is 1.98. The smallest absolute Gasteiger partial charge is 0.118 e. The van der Waals surface area contributed by atoms with Crippen LogP contribution >= 0.6 is 15.9 Å². The molecule has 9 heavy (non-hydrogen) atoms. The van der Waals surface area contributed by atoms with Crippen molar-refractivity contribution in [3.8, 4) is 0 Å². The van der Waals surface area contributed by atoms with E-state index in [2.05, 4.69) is 15.9 Å². The molecule has 54 valence electrons. The summed E-state index contributed by atoms with van der Waals surface area (Å²) in [6, 6.07) is 0. The summed E-state index contributed by atoms with van der Waals surface area (Å²) in [6.45, 7) is 4.36. The molecule has 1 saturated heterocycles. The van der Waals surface area contributed by atoms with E-state index in [4.69, 9.17) is 4.74 Å². The van der Waals surface area contributed by atoms with Crippen LogP contribution in [-0.4, -0.2) is 28.2 Å². The molecule has 0 bridgehead atoms. The second kappa shape index (κ2) is 1.94. The topological polar surface area (TPSA) is 32.8 Å². The first kappa shape index (κ1) is 7.51. The Hall–Kier alpha value is 0.400. The zero-order chi connectivity index (χ0) is 7.12. The Balaban J connectivity index is 2.58.